The Morgan fingerprint density at radius 2 is 1.74 bits per heavy atom. The van der Waals surface area contributed by atoms with Gasteiger partial charge in [0.1, 0.15) is 18.2 Å². The first-order valence-corrected chi connectivity index (χ1v) is 13.3. The summed E-state index contributed by atoms with van der Waals surface area (Å²) in [7, 11) is 0. The molecule has 0 saturated heterocycles. The number of hydrogen-bond acceptors (Lipinski definition) is 4. The predicted molar refractivity (Wildman–Crippen MR) is 157 cm³/mol. The fourth-order valence-electron chi connectivity index (χ4n) is 4.52. The molecular weight excluding hydrogens is 540 g/mol. The molecule has 0 radical (unpaired) electrons. The number of hydrogen-bond donors (Lipinski definition) is 0. The molecule has 38 heavy (non-hydrogen) atoms. The highest BCUT2D eigenvalue weighted by Crippen LogP contribution is 2.23. The van der Waals surface area contributed by atoms with E-state index in [4.69, 9.17) is 9.72 Å². The van der Waals surface area contributed by atoms with E-state index in [1.807, 2.05) is 68.4 Å². The lowest BCUT2D eigenvalue weighted by Gasteiger charge is -2.12. The van der Waals surface area contributed by atoms with Crippen LogP contribution in [0.1, 0.15) is 48.1 Å². The summed E-state index contributed by atoms with van der Waals surface area (Å²) in [5.41, 5.74) is 5.68. The fourth-order valence-corrected chi connectivity index (χ4v) is 4.88. The monoisotopic (exact) mass is 568 g/mol. The van der Waals surface area contributed by atoms with E-state index in [-0.39, 0.29) is 11.5 Å². The number of nitrogens with zero attached hydrogens (tertiary/aromatic N) is 4. The van der Waals surface area contributed by atoms with Gasteiger partial charge in [-0.25, -0.2) is 4.98 Å². The molecule has 192 valence electrons. The van der Waals surface area contributed by atoms with E-state index in [2.05, 4.69) is 57.6 Å². The molecule has 2 heterocycles. The van der Waals surface area contributed by atoms with Crippen molar-refractivity contribution in [1.82, 2.24) is 14.2 Å². The maximum absolute atomic E-state index is 13.4. The van der Waals surface area contributed by atoms with Crippen molar-refractivity contribution in [2.75, 3.05) is 0 Å². The van der Waals surface area contributed by atoms with Crippen LogP contribution in [0.4, 0.5) is 0 Å². The minimum absolute atomic E-state index is 0.0305. The van der Waals surface area contributed by atoms with Gasteiger partial charge < -0.3 is 9.30 Å². The van der Waals surface area contributed by atoms with Crippen LogP contribution in [0.3, 0.4) is 0 Å². The average Bonchev–Trinajstić information content (AvgIpc) is 3.20. The molecule has 0 unspecified atom stereocenters. The lowest BCUT2D eigenvalue weighted by molar-refractivity contribution is 0.306. The first-order valence-electron chi connectivity index (χ1n) is 12.5. The van der Waals surface area contributed by atoms with Gasteiger partial charge in [0.05, 0.1) is 17.1 Å². The molecule has 0 N–H and O–H groups in total. The second kappa shape index (κ2) is 10.8. The SMILES string of the molecule is Cc1cc(C=Nn2c(C(C)C)nc3ccc(Br)cc3c2=O)c(C)n1-c1ccc(OCc2ccccc2)cc1. The van der Waals surface area contributed by atoms with Crippen molar-refractivity contribution in [3.05, 3.63) is 122 Å². The molecule has 0 aliphatic carbocycles. The Hall–Kier alpha value is -3.97. The summed E-state index contributed by atoms with van der Waals surface area (Å²) in [6.45, 7) is 8.66. The molecule has 2 aromatic heterocycles. The normalized spacial score (nSPS) is 11.6. The average molecular weight is 570 g/mol. The topological polar surface area (TPSA) is 61.4 Å². The van der Waals surface area contributed by atoms with Gasteiger partial charge in [-0.15, -0.1) is 0 Å². The van der Waals surface area contributed by atoms with Crippen LogP contribution in [-0.2, 0) is 6.61 Å². The van der Waals surface area contributed by atoms with Crippen LogP contribution in [0.2, 0.25) is 0 Å². The van der Waals surface area contributed by atoms with Gasteiger partial charge in [-0.1, -0.05) is 60.1 Å². The van der Waals surface area contributed by atoms with Crippen LogP contribution >= 0.6 is 15.9 Å². The third-order valence-corrected chi connectivity index (χ3v) is 6.97. The van der Waals surface area contributed by atoms with E-state index >= 15 is 0 Å². The molecule has 0 bridgehead atoms. The number of benzene rings is 3. The number of aromatic nitrogens is 3. The fraction of sp³-hybridized carbons (Fsp3) is 0.194. The summed E-state index contributed by atoms with van der Waals surface area (Å²) in [5, 5.41) is 5.15. The van der Waals surface area contributed by atoms with Crippen LogP contribution in [0, 0.1) is 13.8 Å². The molecule has 0 spiro atoms. The molecule has 0 atom stereocenters. The molecular formula is C31H29BrN4O2. The van der Waals surface area contributed by atoms with Crippen molar-refractivity contribution in [2.24, 2.45) is 5.10 Å². The molecule has 5 aromatic rings. The van der Waals surface area contributed by atoms with Crippen LogP contribution < -0.4 is 10.3 Å². The van der Waals surface area contributed by atoms with E-state index in [9.17, 15) is 4.79 Å². The molecule has 3 aromatic carbocycles. The summed E-state index contributed by atoms with van der Waals surface area (Å²) in [6, 6.07) is 25.8. The van der Waals surface area contributed by atoms with Gasteiger partial charge in [0.25, 0.3) is 5.56 Å². The van der Waals surface area contributed by atoms with Gasteiger partial charge in [-0.2, -0.15) is 9.78 Å². The van der Waals surface area contributed by atoms with Gasteiger partial charge >= 0.3 is 0 Å². The Balaban J connectivity index is 1.44. The molecule has 0 amide bonds. The standard InChI is InChI=1S/C31H29BrN4O2/c1-20(2)30-34-29-15-10-25(32)17-28(29)31(37)36(30)33-18-24-16-21(3)35(22(24)4)26-11-13-27(14-12-26)38-19-23-8-6-5-7-9-23/h5-18,20H,19H2,1-4H3. The predicted octanol–water partition coefficient (Wildman–Crippen LogP) is 7.15. The molecule has 6 nitrogen and oxygen atoms in total. The van der Waals surface area contributed by atoms with Gasteiger partial charge in [-0.3, -0.25) is 4.79 Å². The Morgan fingerprint density at radius 3 is 2.45 bits per heavy atom. The van der Waals surface area contributed by atoms with Crippen molar-refractivity contribution in [1.29, 1.82) is 0 Å². The Morgan fingerprint density at radius 1 is 1.00 bits per heavy atom. The van der Waals surface area contributed by atoms with Crippen LogP contribution in [-0.4, -0.2) is 20.4 Å². The lowest BCUT2D eigenvalue weighted by Crippen LogP contribution is -2.23. The zero-order valence-corrected chi connectivity index (χ0v) is 23.4. The van der Waals surface area contributed by atoms with Crippen LogP contribution in [0.5, 0.6) is 5.75 Å². The maximum Gasteiger partial charge on any atom is 0.282 e. The van der Waals surface area contributed by atoms with E-state index in [1.165, 1.54) is 4.68 Å². The number of ether oxygens (including phenoxy) is 1. The number of halogens is 1. The van der Waals surface area contributed by atoms with Crippen molar-refractivity contribution in [3.8, 4) is 11.4 Å². The second-order valence-electron chi connectivity index (χ2n) is 9.58. The molecule has 0 aliphatic rings. The summed E-state index contributed by atoms with van der Waals surface area (Å²) in [5.74, 6) is 1.47. The summed E-state index contributed by atoms with van der Waals surface area (Å²) >= 11 is 3.46. The van der Waals surface area contributed by atoms with E-state index < -0.39 is 0 Å². The first-order chi connectivity index (χ1) is 18.3. The number of fused-ring (bicyclic) bond motifs is 1. The Kier molecular flexibility index (Phi) is 7.29. The van der Waals surface area contributed by atoms with Gasteiger partial charge in [0.15, 0.2) is 0 Å². The van der Waals surface area contributed by atoms with Crippen LogP contribution in [0.15, 0.2) is 93.2 Å². The molecule has 7 heteroatoms. The number of rotatable bonds is 7. The molecule has 0 aliphatic heterocycles. The van der Waals surface area contributed by atoms with Gasteiger partial charge in [-0.05, 0) is 67.9 Å². The van der Waals surface area contributed by atoms with Crippen molar-refractivity contribution in [2.45, 2.75) is 40.2 Å². The highest BCUT2D eigenvalue weighted by molar-refractivity contribution is 9.10. The third-order valence-electron chi connectivity index (χ3n) is 6.48. The van der Waals surface area contributed by atoms with Crippen LogP contribution in [0.25, 0.3) is 16.6 Å². The highest BCUT2D eigenvalue weighted by Gasteiger charge is 2.15. The molecule has 0 saturated carbocycles. The lowest BCUT2D eigenvalue weighted by atomic mass is 10.2. The van der Waals surface area contributed by atoms with Gasteiger partial charge in [0, 0.05) is 33.0 Å². The smallest absolute Gasteiger partial charge is 0.282 e. The van der Waals surface area contributed by atoms with Gasteiger partial charge in [0.2, 0.25) is 0 Å². The van der Waals surface area contributed by atoms with Crippen molar-refractivity contribution >= 4 is 33.0 Å². The van der Waals surface area contributed by atoms with E-state index in [0.717, 1.165) is 38.4 Å². The minimum Gasteiger partial charge on any atom is -0.489 e. The summed E-state index contributed by atoms with van der Waals surface area (Å²) < 4.78 is 10.4. The van der Waals surface area contributed by atoms with Crippen molar-refractivity contribution < 1.29 is 4.74 Å². The van der Waals surface area contributed by atoms with Crippen molar-refractivity contribution in [3.63, 3.8) is 0 Å². The van der Waals surface area contributed by atoms with E-state index in [0.29, 0.717) is 23.3 Å². The number of aryl methyl sites for hydroxylation is 1. The molecule has 5 rings (SSSR count). The Labute approximate surface area is 230 Å². The zero-order valence-electron chi connectivity index (χ0n) is 21.9. The second-order valence-corrected chi connectivity index (χ2v) is 10.5. The zero-order chi connectivity index (χ0) is 26.8. The van der Waals surface area contributed by atoms with E-state index in [1.54, 1.807) is 12.3 Å². The first kappa shape index (κ1) is 25.7. The Bertz CT molecular complexity index is 1680. The summed E-state index contributed by atoms with van der Waals surface area (Å²) in [6.07, 6.45) is 1.74. The molecule has 0 fully saturated rings. The highest BCUT2D eigenvalue weighted by atomic mass is 79.9. The third kappa shape index (κ3) is 5.20. The quantitative estimate of drug-likeness (QED) is 0.196. The largest absolute Gasteiger partial charge is 0.489 e. The summed E-state index contributed by atoms with van der Waals surface area (Å²) in [4.78, 5) is 18.1. The minimum atomic E-state index is -0.184. The maximum atomic E-state index is 13.4.